The van der Waals surface area contributed by atoms with E-state index in [9.17, 15) is 0 Å². The summed E-state index contributed by atoms with van der Waals surface area (Å²) >= 11 is 1.97. The summed E-state index contributed by atoms with van der Waals surface area (Å²) in [7, 11) is 0. The molecule has 5 heteroatoms. The van der Waals surface area contributed by atoms with Gasteiger partial charge in [0.1, 0.15) is 11.5 Å². The van der Waals surface area contributed by atoms with Gasteiger partial charge in [-0.2, -0.15) is 0 Å². The second-order valence-electron chi connectivity index (χ2n) is 20.8. The molecule has 3 aliphatic heterocycles. The molecule has 296 valence electrons. The normalized spacial score (nSPS) is 15.3. The summed E-state index contributed by atoms with van der Waals surface area (Å²) in [6.07, 6.45) is 0. The Hall–Kier alpha value is -5.26. The van der Waals surface area contributed by atoms with Crippen molar-refractivity contribution in [3.63, 3.8) is 0 Å². The van der Waals surface area contributed by atoms with Crippen LogP contribution in [0.15, 0.2) is 115 Å². The molecule has 7 aromatic rings. The van der Waals surface area contributed by atoms with Crippen LogP contribution in [0.2, 0.25) is 0 Å². The van der Waals surface area contributed by atoms with Crippen LogP contribution >= 0.6 is 11.3 Å². The molecule has 6 aromatic carbocycles. The van der Waals surface area contributed by atoms with Crippen LogP contribution in [0, 0.1) is 6.92 Å². The SMILES string of the molecule is Cc1cc2c3c(c1)N(c1ccc4c(c1)C(C)(C)c1ccccc1O4)c1c(sc4ccc(C(C)(C)C)cc14)B3c1cc(C(C)(C)C)ccc1N2c1ccc(C(C)(C)C)cc1. The van der Waals surface area contributed by atoms with Gasteiger partial charge in [0.05, 0.1) is 5.69 Å². The summed E-state index contributed by atoms with van der Waals surface area (Å²) in [4.78, 5) is 5.16. The van der Waals surface area contributed by atoms with Gasteiger partial charge in [-0.1, -0.05) is 125 Å². The second-order valence-corrected chi connectivity index (χ2v) is 21.9. The zero-order valence-corrected chi connectivity index (χ0v) is 37.6. The highest BCUT2D eigenvalue weighted by Gasteiger charge is 2.46. The molecule has 4 heterocycles. The van der Waals surface area contributed by atoms with Crippen molar-refractivity contribution in [1.82, 2.24) is 0 Å². The Morgan fingerprint density at radius 3 is 1.85 bits per heavy atom. The molecule has 0 bridgehead atoms. The fourth-order valence-corrected chi connectivity index (χ4v) is 11.1. The maximum atomic E-state index is 6.63. The minimum Gasteiger partial charge on any atom is -0.457 e. The lowest BCUT2D eigenvalue weighted by atomic mass is 9.36. The first-order valence-electron chi connectivity index (χ1n) is 21.3. The van der Waals surface area contributed by atoms with Gasteiger partial charge in [0.2, 0.25) is 0 Å². The molecule has 0 radical (unpaired) electrons. The van der Waals surface area contributed by atoms with Gasteiger partial charge in [-0.05, 0) is 123 Å². The molecule has 0 amide bonds. The van der Waals surface area contributed by atoms with Crippen molar-refractivity contribution >= 4 is 78.0 Å². The number of hydrogen-bond acceptors (Lipinski definition) is 4. The first-order chi connectivity index (χ1) is 27.8. The molecule has 3 aliphatic rings. The highest BCUT2D eigenvalue weighted by Crippen LogP contribution is 2.53. The highest BCUT2D eigenvalue weighted by atomic mass is 32.1. The van der Waals surface area contributed by atoms with E-state index in [1.54, 1.807) is 0 Å². The van der Waals surface area contributed by atoms with Gasteiger partial charge < -0.3 is 14.5 Å². The first kappa shape index (κ1) is 38.0. The van der Waals surface area contributed by atoms with Gasteiger partial charge in [-0.3, -0.25) is 0 Å². The van der Waals surface area contributed by atoms with Crippen molar-refractivity contribution in [2.45, 2.75) is 105 Å². The van der Waals surface area contributed by atoms with Crippen LogP contribution in [-0.2, 0) is 21.7 Å². The fourth-order valence-electron chi connectivity index (χ4n) is 9.78. The van der Waals surface area contributed by atoms with Crippen LogP contribution in [0.3, 0.4) is 0 Å². The van der Waals surface area contributed by atoms with Crippen LogP contribution in [-0.4, -0.2) is 6.71 Å². The van der Waals surface area contributed by atoms with Crippen LogP contribution in [0.5, 0.6) is 11.5 Å². The number of benzene rings is 6. The third kappa shape index (κ3) is 5.82. The standard InChI is InChI=1S/C54H55BN2OS/c1-32-27-43-48-44(28-32)57(37-23-25-46-40(31-37)54(11,12)39-15-13-14-16-45(39)58-46)49-38-29-34(52(5,6)7)20-26-47(38)59-50(49)55(48)41-30-35(53(8,9)10)19-24-42(41)56(43)36-21-17-33(18-22-36)51(2,3)4/h13-31H,1-12H3. The molecule has 3 nitrogen and oxygen atoms in total. The molecule has 10 rings (SSSR count). The lowest BCUT2D eigenvalue weighted by Crippen LogP contribution is -2.60. The quantitative estimate of drug-likeness (QED) is 0.162. The Morgan fingerprint density at radius 1 is 0.559 bits per heavy atom. The molecule has 0 spiro atoms. The molecule has 0 saturated heterocycles. The molecule has 0 N–H and O–H groups in total. The molecule has 0 fully saturated rings. The number of hydrogen-bond donors (Lipinski definition) is 0. The average molecular weight is 791 g/mol. The van der Waals surface area contributed by atoms with E-state index in [1.165, 1.54) is 87.6 Å². The van der Waals surface area contributed by atoms with Gasteiger partial charge in [0.25, 0.3) is 6.71 Å². The Kier molecular flexibility index (Phi) is 8.13. The Morgan fingerprint density at radius 2 is 1.15 bits per heavy atom. The largest absolute Gasteiger partial charge is 0.457 e. The maximum absolute atomic E-state index is 6.63. The van der Waals surface area contributed by atoms with Crippen molar-refractivity contribution in [2.75, 3.05) is 9.80 Å². The van der Waals surface area contributed by atoms with E-state index >= 15 is 0 Å². The number of para-hydroxylation sites is 1. The molecule has 0 saturated carbocycles. The third-order valence-corrected chi connectivity index (χ3v) is 14.4. The lowest BCUT2D eigenvalue weighted by molar-refractivity contribution is 0.418. The van der Waals surface area contributed by atoms with Crippen LogP contribution < -0.4 is 30.2 Å². The minimum absolute atomic E-state index is 0.00678. The fraction of sp³-hybridized carbons (Fsp3) is 0.296. The van der Waals surface area contributed by atoms with Gasteiger partial charge in [-0.15, -0.1) is 11.3 Å². The summed E-state index contributed by atoms with van der Waals surface area (Å²) in [5.41, 5.74) is 17.6. The van der Waals surface area contributed by atoms with E-state index < -0.39 is 0 Å². The topological polar surface area (TPSA) is 15.7 Å². The summed E-state index contributed by atoms with van der Waals surface area (Å²) in [6.45, 7) is 27.9. The van der Waals surface area contributed by atoms with Crippen LogP contribution in [0.4, 0.5) is 34.1 Å². The summed E-state index contributed by atoms with van der Waals surface area (Å²) < 4.78 is 9.35. The number of anilines is 6. The zero-order chi connectivity index (χ0) is 41.6. The molecular weight excluding hydrogens is 735 g/mol. The first-order valence-corrected chi connectivity index (χ1v) is 22.1. The van der Waals surface area contributed by atoms with Gasteiger partial charge in [0, 0.05) is 59.8 Å². The molecule has 0 unspecified atom stereocenters. The Labute approximate surface area is 355 Å². The van der Waals surface area contributed by atoms with E-state index in [0.29, 0.717) is 0 Å². The predicted octanol–water partition coefficient (Wildman–Crippen LogP) is 13.6. The van der Waals surface area contributed by atoms with Crippen molar-refractivity contribution in [3.8, 4) is 11.5 Å². The number of thiophene rings is 1. The van der Waals surface area contributed by atoms with Gasteiger partial charge in [-0.25, -0.2) is 0 Å². The monoisotopic (exact) mass is 790 g/mol. The lowest BCUT2D eigenvalue weighted by Gasteiger charge is -2.44. The molecular formula is C54H55BN2OS. The number of fused-ring (bicyclic) bond motifs is 8. The van der Waals surface area contributed by atoms with E-state index in [2.05, 4.69) is 208 Å². The molecule has 59 heavy (non-hydrogen) atoms. The zero-order valence-electron chi connectivity index (χ0n) is 36.8. The summed E-state index contributed by atoms with van der Waals surface area (Å²) in [6, 6.07) is 44.1. The molecule has 0 atom stereocenters. The highest BCUT2D eigenvalue weighted by molar-refractivity contribution is 7.33. The van der Waals surface area contributed by atoms with E-state index in [1.807, 2.05) is 11.3 Å². The molecule has 0 aliphatic carbocycles. The van der Waals surface area contributed by atoms with E-state index in [0.717, 1.165) is 17.2 Å². The van der Waals surface area contributed by atoms with Crippen molar-refractivity contribution in [1.29, 1.82) is 0 Å². The Bertz CT molecular complexity index is 2860. The number of ether oxygens (including phenoxy) is 1. The maximum Gasteiger partial charge on any atom is 0.264 e. The van der Waals surface area contributed by atoms with Gasteiger partial charge in [0.15, 0.2) is 0 Å². The number of aryl methyl sites for hydroxylation is 1. The predicted molar refractivity (Wildman–Crippen MR) is 255 cm³/mol. The van der Waals surface area contributed by atoms with Crippen molar-refractivity contribution in [2.24, 2.45) is 0 Å². The summed E-state index contributed by atoms with van der Waals surface area (Å²) in [5, 5.41) is 1.32. The summed E-state index contributed by atoms with van der Waals surface area (Å²) in [5.74, 6) is 1.87. The number of rotatable bonds is 2. The smallest absolute Gasteiger partial charge is 0.264 e. The minimum atomic E-state index is -0.248. The number of nitrogens with zero attached hydrogens (tertiary/aromatic N) is 2. The Balaban J connectivity index is 1.29. The van der Waals surface area contributed by atoms with Crippen LogP contribution in [0.25, 0.3) is 10.1 Å². The second kappa shape index (κ2) is 12.6. The van der Waals surface area contributed by atoms with Gasteiger partial charge >= 0.3 is 0 Å². The van der Waals surface area contributed by atoms with Crippen molar-refractivity contribution < 1.29 is 4.74 Å². The van der Waals surface area contributed by atoms with Crippen LogP contribution in [0.1, 0.15) is 110 Å². The molecule has 1 aromatic heterocycles. The van der Waals surface area contributed by atoms with E-state index in [-0.39, 0.29) is 28.4 Å². The third-order valence-electron chi connectivity index (χ3n) is 13.2. The van der Waals surface area contributed by atoms with E-state index in [4.69, 9.17) is 4.74 Å². The average Bonchev–Trinajstić information content (AvgIpc) is 3.55. The van der Waals surface area contributed by atoms with Crippen molar-refractivity contribution in [3.05, 3.63) is 149 Å².